The summed E-state index contributed by atoms with van der Waals surface area (Å²) in [6.07, 6.45) is 0.922. The minimum atomic E-state index is -0.516. The van der Waals surface area contributed by atoms with Crippen molar-refractivity contribution in [1.29, 1.82) is 0 Å². The van der Waals surface area contributed by atoms with Crippen LogP contribution in [0.15, 0.2) is 10.2 Å². The largest absolute Gasteiger partial charge is 0.379 e. The number of hydrogen-bond donors (Lipinski definition) is 4. The second-order valence-corrected chi connectivity index (χ2v) is 12.5. The molecular formula is C37H72N10O15. The zero-order valence-electron chi connectivity index (χ0n) is 36.3. The SMILES string of the molecule is [N-]=[N+]=NCCOCCOCCOCCNC(=O)CCOCC(COCCC(=O)NCCOCCOCCOCCN=[N+]=[N-])NC(=O)CCCOCCOCCOCCOCCN. The maximum Gasteiger partial charge on any atom is 0.222 e. The Morgan fingerprint density at radius 1 is 0.435 bits per heavy atom. The molecule has 62 heavy (non-hydrogen) atoms. The first-order valence-electron chi connectivity index (χ1n) is 21.0. The molecule has 0 atom stereocenters. The molecule has 25 heteroatoms. The Hall–Kier alpha value is -3.49. The molecule has 0 aromatic carbocycles. The molecule has 0 fully saturated rings. The minimum absolute atomic E-state index is 0.0942. The summed E-state index contributed by atoms with van der Waals surface area (Å²) < 4.78 is 65.2. The van der Waals surface area contributed by atoms with Gasteiger partial charge in [0.2, 0.25) is 17.7 Å². The van der Waals surface area contributed by atoms with Crippen LogP contribution in [0.3, 0.4) is 0 Å². The summed E-state index contributed by atoms with van der Waals surface area (Å²) in [5.74, 6) is -0.643. The lowest BCUT2D eigenvalue weighted by Gasteiger charge is -2.19. The number of nitrogens with two attached hydrogens (primary N) is 1. The summed E-state index contributed by atoms with van der Waals surface area (Å²) in [6, 6.07) is -0.516. The monoisotopic (exact) mass is 897 g/mol. The van der Waals surface area contributed by atoms with E-state index in [1.807, 2.05) is 0 Å². The Kier molecular flexibility index (Phi) is 47.3. The summed E-state index contributed by atoms with van der Waals surface area (Å²) in [5.41, 5.74) is 21.8. The standard InChI is InChI=1S/C37H72N10O15/c38-5-13-52-19-25-58-31-30-57-24-18-51-10-1-2-37(50)45-34(32-61-11-3-35(48)41-6-14-53-20-26-59-28-22-55-16-8-43-46-39)33-62-12-4-36(49)42-7-15-54-21-27-60-29-23-56-17-9-44-47-40/h34H,1-33,38H2,(H,41,48)(H,42,49)(H,45,50). The third-order valence-electron chi connectivity index (χ3n) is 7.44. The van der Waals surface area contributed by atoms with Crippen LogP contribution < -0.4 is 21.7 Å². The molecular weight excluding hydrogens is 824 g/mol. The summed E-state index contributed by atoms with van der Waals surface area (Å²) >= 11 is 0. The van der Waals surface area contributed by atoms with Crippen LogP contribution in [0.4, 0.5) is 0 Å². The van der Waals surface area contributed by atoms with E-state index in [-0.39, 0.29) is 76.5 Å². The molecule has 0 spiro atoms. The maximum absolute atomic E-state index is 12.7. The molecule has 0 saturated carbocycles. The molecule has 0 radical (unpaired) electrons. The Morgan fingerprint density at radius 2 is 0.790 bits per heavy atom. The molecule has 0 aliphatic carbocycles. The number of carbonyl (C=O) groups is 3. The van der Waals surface area contributed by atoms with E-state index in [9.17, 15) is 14.4 Å². The van der Waals surface area contributed by atoms with Crippen LogP contribution in [0.2, 0.25) is 0 Å². The van der Waals surface area contributed by atoms with E-state index >= 15 is 0 Å². The zero-order valence-corrected chi connectivity index (χ0v) is 36.3. The number of ether oxygens (including phenoxy) is 12. The molecule has 3 amide bonds. The summed E-state index contributed by atoms with van der Waals surface area (Å²) in [6.45, 7) is 9.94. The molecule has 0 aromatic heterocycles. The molecule has 0 rings (SSSR count). The minimum Gasteiger partial charge on any atom is -0.379 e. The van der Waals surface area contributed by atoms with Crippen molar-refractivity contribution >= 4 is 17.7 Å². The highest BCUT2D eigenvalue weighted by atomic mass is 16.6. The van der Waals surface area contributed by atoms with Gasteiger partial charge >= 0.3 is 0 Å². The molecule has 0 saturated heterocycles. The van der Waals surface area contributed by atoms with Crippen LogP contribution in [0.1, 0.15) is 25.7 Å². The van der Waals surface area contributed by atoms with Crippen molar-refractivity contribution in [2.24, 2.45) is 16.0 Å². The average molecular weight is 897 g/mol. The van der Waals surface area contributed by atoms with E-state index < -0.39 is 6.04 Å². The number of nitrogens with one attached hydrogen (secondary N) is 3. The molecule has 0 aromatic rings. The third-order valence-corrected chi connectivity index (χ3v) is 7.44. The number of nitrogens with zero attached hydrogens (tertiary/aromatic N) is 6. The van der Waals surface area contributed by atoms with Gasteiger partial charge in [-0.15, -0.1) is 0 Å². The van der Waals surface area contributed by atoms with Gasteiger partial charge < -0.3 is 78.5 Å². The van der Waals surface area contributed by atoms with Gasteiger partial charge in [-0.2, -0.15) is 0 Å². The number of amides is 3. The van der Waals surface area contributed by atoms with E-state index in [0.717, 1.165) is 0 Å². The summed E-state index contributed by atoms with van der Waals surface area (Å²) in [7, 11) is 0. The van der Waals surface area contributed by atoms with Gasteiger partial charge in [0.25, 0.3) is 0 Å². The van der Waals surface area contributed by atoms with Gasteiger partial charge in [0.05, 0.1) is 158 Å². The van der Waals surface area contributed by atoms with Gasteiger partial charge in [-0.25, -0.2) is 0 Å². The molecule has 25 nitrogen and oxygen atoms in total. The highest BCUT2D eigenvalue weighted by Gasteiger charge is 2.14. The molecule has 5 N–H and O–H groups in total. The zero-order chi connectivity index (χ0) is 45.1. The Labute approximate surface area is 364 Å². The molecule has 0 heterocycles. The second-order valence-electron chi connectivity index (χ2n) is 12.5. The van der Waals surface area contributed by atoms with Crippen LogP contribution in [0.5, 0.6) is 0 Å². The highest BCUT2D eigenvalue weighted by Crippen LogP contribution is 1.98. The van der Waals surface area contributed by atoms with Crippen LogP contribution in [0, 0.1) is 0 Å². The van der Waals surface area contributed by atoms with Gasteiger partial charge in [-0.3, -0.25) is 14.4 Å². The summed E-state index contributed by atoms with van der Waals surface area (Å²) in [5, 5.41) is 15.2. The molecule has 0 aliphatic heterocycles. The number of rotatable bonds is 50. The quantitative estimate of drug-likeness (QED) is 0.0271. The van der Waals surface area contributed by atoms with Gasteiger partial charge in [0, 0.05) is 68.4 Å². The first kappa shape index (κ1) is 58.5. The summed E-state index contributed by atoms with van der Waals surface area (Å²) in [4.78, 5) is 42.5. The van der Waals surface area contributed by atoms with Crippen molar-refractivity contribution in [3.8, 4) is 0 Å². The smallest absolute Gasteiger partial charge is 0.222 e. The van der Waals surface area contributed by atoms with Crippen molar-refractivity contribution in [2.75, 3.05) is 191 Å². The fourth-order valence-electron chi connectivity index (χ4n) is 4.48. The maximum atomic E-state index is 12.7. The van der Waals surface area contributed by atoms with Crippen molar-refractivity contribution in [2.45, 2.75) is 31.7 Å². The van der Waals surface area contributed by atoms with Gasteiger partial charge in [0.1, 0.15) is 0 Å². The van der Waals surface area contributed by atoms with Crippen molar-refractivity contribution in [1.82, 2.24) is 16.0 Å². The van der Waals surface area contributed by atoms with E-state index in [1.54, 1.807) is 0 Å². The Balaban J connectivity index is 4.29. The van der Waals surface area contributed by atoms with Crippen LogP contribution in [-0.2, 0) is 71.2 Å². The molecule has 360 valence electrons. The van der Waals surface area contributed by atoms with Gasteiger partial charge in [0.15, 0.2) is 0 Å². The van der Waals surface area contributed by atoms with Crippen molar-refractivity contribution < 1.29 is 71.2 Å². The highest BCUT2D eigenvalue weighted by molar-refractivity contribution is 5.76. The van der Waals surface area contributed by atoms with Crippen LogP contribution >= 0.6 is 0 Å². The average Bonchev–Trinajstić information content (AvgIpc) is 3.27. The van der Waals surface area contributed by atoms with E-state index in [4.69, 9.17) is 73.6 Å². The topological polar surface area (TPSA) is 322 Å². The normalized spacial score (nSPS) is 11.4. The first-order valence-corrected chi connectivity index (χ1v) is 21.0. The van der Waals surface area contributed by atoms with Gasteiger partial charge in [-0.05, 0) is 17.5 Å². The fraction of sp³-hybridized carbons (Fsp3) is 0.919. The Bertz CT molecular complexity index is 1080. The lowest BCUT2D eigenvalue weighted by Crippen LogP contribution is -2.42. The van der Waals surface area contributed by atoms with Crippen molar-refractivity contribution in [3.05, 3.63) is 20.9 Å². The lowest BCUT2D eigenvalue weighted by molar-refractivity contribution is -0.125. The van der Waals surface area contributed by atoms with Gasteiger partial charge in [-0.1, -0.05) is 10.2 Å². The number of carbonyl (C=O) groups excluding carboxylic acids is 3. The first-order chi connectivity index (χ1) is 30.5. The fourth-order valence-corrected chi connectivity index (χ4v) is 4.48. The van der Waals surface area contributed by atoms with Crippen molar-refractivity contribution in [3.63, 3.8) is 0 Å². The Morgan fingerprint density at radius 3 is 1.18 bits per heavy atom. The predicted molar refractivity (Wildman–Crippen MR) is 223 cm³/mol. The predicted octanol–water partition coefficient (Wildman–Crippen LogP) is 0.0425. The van der Waals surface area contributed by atoms with Crippen LogP contribution in [0.25, 0.3) is 20.9 Å². The molecule has 0 bridgehead atoms. The lowest BCUT2D eigenvalue weighted by atomic mass is 10.2. The van der Waals surface area contributed by atoms with E-state index in [0.29, 0.717) is 158 Å². The van der Waals surface area contributed by atoms with E-state index in [2.05, 4.69) is 36.0 Å². The third kappa shape index (κ3) is 47.6. The van der Waals surface area contributed by atoms with E-state index in [1.165, 1.54) is 0 Å². The molecule has 0 unspecified atom stereocenters. The van der Waals surface area contributed by atoms with Crippen LogP contribution in [-0.4, -0.2) is 215 Å². The second kappa shape index (κ2) is 50.2. The number of azide groups is 2. The number of hydrogen-bond acceptors (Lipinski definition) is 18. The molecule has 0 aliphatic rings.